The van der Waals surface area contributed by atoms with Gasteiger partial charge in [-0.2, -0.15) is 5.10 Å². The first-order chi connectivity index (χ1) is 10.7. The molecule has 3 rings (SSSR count). The molecule has 0 amide bonds. The first kappa shape index (κ1) is 16.5. The highest BCUT2D eigenvalue weighted by molar-refractivity contribution is 9.10. The van der Waals surface area contributed by atoms with Crippen LogP contribution < -0.4 is 0 Å². The van der Waals surface area contributed by atoms with Crippen LogP contribution in [-0.2, 0) is 11.3 Å². The van der Waals surface area contributed by atoms with Crippen LogP contribution in [0.2, 0.25) is 0 Å². The van der Waals surface area contributed by atoms with Crippen molar-refractivity contribution in [3.05, 3.63) is 16.9 Å². The average Bonchev–Trinajstić information content (AvgIpc) is 2.93. The quantitative estimate of drug-likeness (QED) is 0.713. The number of methoxy groups -OCH3 is 1. The first-order valence-corrected chi connectivity index (χ1v) is 9.64. The number of aromatic nitrogens is 2. The molecule has 2 bridgehead atoms. The molecule has 2 aliphatic rings. The smallest absolute Gasteiger partial charge is 0.0632 e. The highest BCUT2D eigenvalue weighted by Gasteiger charge is 2.50. The van der Waals surface area contributed by atoms with E-state index in [2.05, 4.69) is 38.8 Å². The molecule has 0 radical (unpaired) electrons. The van der Waals surface area contributed by atoms with Gasteiger partial charge in [0, 0.05) is 26.5 Å². The molecule has 124 valence electrons. The SMILES string of the molecule is CCC1CC2CCCC(C2)C1(CCOC)Cn1cc(Br)cn1. The molecule has 2 fully saturated rings. The summed E-state index contributed by atoms with van der Waals surface area (Å²) in [6, 6.07) is 0. The van der Waals surface area contributed by atoms with Gasteiger partial charge in [0.05, 0.1) is 10.7 Å². The molecule has 22 heavy (non-hydrogen) atoms. The minimum Gasteiger partial charge on any atom is -0.385 e. The van der Waals surface area contributed by atoms with Crippen molar-refractivity contribution in [2.24, 2.45) is 23.2 Å². The lowest BCUT2D eigenvalue weighted by Gasteiger charge is -2.54. The van der Waals surface area contributed by atoms with Gasteiger partial charge in [0.1, 0.15) is 0 Å². The number of hydrogen-bond donors (Lipinski definition) is 0. The normalized spacial score (nSPS) is 34.8. The fourth-order valence-corrected chi connectivity index (χ4v) is 5.66. The Kier molecular flexibility index (Phi) is 5.28. The molecule has 1 heterocycles. The summed E-state index contributed by atoms with van der Waals surface area (Å²) in [5, 5.41) is 4.57. The van der Waals surface area contributed by atoms with Gasteiger partial charge in [0.2, 0.25) is 0 Å². The second kappa shape index (κ2) is 7.04. The lowest BCUT2D eigenvalue weighted by molar-refractivity contribution is -0.0674. The van der Waals surface area contributed by atoms with Gasteiger partial charge in [0.15, 0.2) is 0 Å². The maximum absolute atomic E-state index is 5.50. The summed E-state index contributed by atoms with van der Waals surface area (Å²) < 4.78 is 8.75. The van der Waals surface area contributed by atoms with Crippen LogP contribution in [0.3, 0.4) is 0 Å². The lowest BCUT2D eigenvalue weighted by Crippen LogP contribution is -2.49. The van der Waals surface area contributed by atoms with Gasteiger partial charge in [-0.05, 0) is 64.8 Å². The summed E-state index contributed by atoms with van der Waals surface area (Å²) in [5.74, 6) is 2.64. The molecule has 4 heteroatoms. The van der Waals surface area contributed by atoms with E-state index < -0.39 is 0 Å². The Balaban J connectivity index is 1.90. The van der Waals surface area contributed by atoms with Crippen LogP contribution in [0.1, 0.15) is 51.9 Å². The fraction of sp³-hybridized carbons (Fsp3) is 0.833. The predicted octanol–water partition coefficient (Wildman–Crippen LogP) is 4.90. The van der Waals surface area contributed by atoms with Crippen LogP contribution in [0.5, 0.6) is 0 Å². The van der Waals surface area contributed by atoms with Gasteiger partial charge < -0.3 is 4.74 Å². The van der Waals surface area contributed by atoms with Crippen molar-refractivity contribution in [2.75, 3.05) is 13.7 Å². The zero-order valence-electron chi connectivity index (χ0n) is 13.9. The summed E-state index contributed by atoms with van der Waals surface area (Å²) in [7, 11) is 1.84. The number of rotatable bonds is 6. The molecule has 0 spiro atoms. The molecule has 0 N–H and O–H groups in total. The monoisotopic (exact) mass is 368 g/mol. The van der Waals surface area contributed by atoms with E-state index in [0.29, 0.717) is 5.41 Å². The molecular weight excluding hydrogens is 340 g/mol. The minimum absolute atomic E-state index is 0.368. The number of hydrogen-bond acceptors (Lipinski definition) is 2. The van der Waals surface area contributed by atoms with Gasteiger partial charge in [0.25, 0.3) is 0 Å². The van der Waals surface area contributed by atoms with Crippen LogP contribution in [0.4, 0.5) is 0 Å². The van der Waals surface area contributed by atoms with E-state index in [1.807, 2.05) is 13.3 Å². The van der Waals surface area contributed by atoms with E-state index in [-0.39, 0.29) is 0 Å². The van der Waals surface area contributed by atoms with Crippen molar-refractivity contribution in [3.8, 4) is 0 Å². The number of nitrogens with zero attached hydrogens (tertiary/aromatic N) is 2. The van der Waals surface area contributed by atoms with E-state index in [0.717, 1.165) is 35.4 Å². The van der Waals surface area contributed by atoms with Crippen molar-refractivity contribution >= 4 is 15.9 Å². The third kappa shape index (κ3) is 3.14. The maximum atomic E-state index is 5.50. The van der Waals surface area contributed by atoms with Gasteiger partial charge >= 0.3 is 0 Å². The van der Waals surface area contributed by atoms with Crippen LogP contribution >= 0.6 is 15.9 Å². The molecule has 4 unspecified atom stereocenters. The minimum atomic E-state index is 0.368. The number of fused-ring (bicyclic) bond motifs is 2. The third-order valence-electron chi connectivity index (χ3n) is 6.35. The Labute approximate surface area is 142 Å². The molecule has 1 aromatic heterocycles. The Hall–Kier alpha value is -0.350. The largest absolute Gasteiger partial charge is 0.385 e. The zero-order valence-corrected chi connectivity index (χ0v) is 15.5. The van der Waals surface area contributed by atoms with E-state index in [9.17, 15) is 0 Å². The van der Waals surface area contributed by atoms with Crippen LogP contribution in [0.15, 0.2) is 16.9 Å². The Morgan fingerprint density at radius 1 is 1.41 bits per heavy atom. The van der Waals surface area contributed by atoms with Crippen molar-refractivity contribution in [2.45, 2.75) is 58.4 Å². The Morgan fingerprint density at radius 2 is 2.27 bits per heavy atom. The molecule has 0 saturated heterocycles. The van der Waals surface area contributed by atoms with Gasteiger partial charge in [-0.3, -0.25) is 4.68 Å². The summed E-state index contributed by atoms with van der Waals surface area (Å²) in [5.41, 5.74) is 0.368. The van der Waals surface area contributed by atoms with Gasteiger partial charge in [-0.1, -0.05) is 26.2 Å². The molecule has 1 aromatic rings. The number of halogens is 1. The van der Waals surface area contributed by atoms with Crippen LogP contribution in [0, 0.1) is 23.2 Å². The average molecular weight is 369 g/mol. The summed E-state index contributed by atoms with van der Waals surface area (Å²) in [4.78, 5) is 0. The molecule has 4 atom stereocenters. The Bertz CT molecular complexity index is 485. The maximum Gasteiger partial charge on any atom is 0.0632 e. The number of ether oxygens (including phenoxy) is 1. The van der Waals surface area contributed by atoms with E-state index in [1.54, 1.807) is 0 Å². The highest BCUT2D eigenvalue weighted by atomic mass is 79.9. The molecule has 0 aliphatic heterocycles. The fourth-order valence-electron chi connectivity index (χ4n) is 5.33. The van der Waals surface area contributed by atoms with Crippen molar-refractivity contribution < 1.29 is 4.74 Å². The molecule has 3 nitrogen and oxygen atoms in total. The second-order valence-corrected chi connectivity index (χ2v) is 8.32. The summed E-state index contributed by atoms with van der Waals surface area (Å²) in [6.45, 7) is 4.31. The standard InChI is InChI=1S/C18H29BrN2O/c1-3-15-9-14-5-4-6-16(10-14)18(15,7-8-22-2)13-21-12-17(19)11-20-21/h11-12,14-16H,3-10,13H2,1-2H3. The zero-order chi connectivity index (χ0) is 15.6. The summed E-state index contributed by atoms with van der Waals surface area (Å²) in [6.07, 6.45) is 13.6. The Morgan fingerprint density at radius 3 is 2.95 bits per heavy atom. The first-order valence-electron chi connectivity index (χ1n) is 8.85. The van der Waals surface area contributed by atoms with Gasteiger partial charge in [-0.25, -0.2) is 0 Å². The lowest BCUT2D eigenvalue weighted by atomic mass is 9.52. The highest BCUT2D eigenvalue weighted by Crippen LogP contribution is 2.57. The van der Waals surface area contributed by atoms with Crippen molar-refractivity contribution in [3.63, 3.8) is 0 Å². The molecule has 2 aliphatic carbocycles. The third-order valence-corrected chi connectivity index (χ3v) is 6.76. The van der Waals surface area contributed by atoms with Crippen LogP contribution in [-0.4, -0.2) is 23.5 Å². The van der Waals surface area contributed by atoms with Crippen LogP contribution in [0.25, 0.3) is 0 Å². The van der Waals surface area contributed by atoms with E-state index >= 15 is 0 Å². The van der Waals surface area contributed by atoms with E-state index in [1.165, 1.54) is 44.9 Å². The summed E-state index contributed by atoms with van der Waals surface area (Å²) >= 11 is 3.54. The second-order valence-electron chi connectivity index (χ2n) is 7.40. The molecule has 2 saturated carbocycles. The van der Waals surface area contributed by atoms with Gasteiger partial charge in [-0.15, -0.1) is 0 Å². The topological polar surface area (TPSA) is 27.1 Å². The molecular formula is C18H29BrN2O. The predicted molar refractivity (Wildman–Crippen MR) is 92.7 cm³/mol. The van der Waals surface area contributed by atoms with Crippen molar-refractivity contribution in [1.29, 1.82) is 0 Å². The van der Waals surface area contributed by atoms with Crippen molar-refractivity contribution in [1.82, 2.24) is 9.78 Å². The molecule has 0 aromatic carbocycles. The van der Waals surface area contributed by atoms with E-state index in [4.69, 9.17) is 4.74 Å².